The van der Waals surface area contributed by atoms with E-state index in [0.717, 1.165) is 68.8 Å². The Morgan fingerprint density at radius 3 is 2.00 bits per heavy atom. The van der Waals surface area contributed by atoms with Crippen molar-refractivity contribution in [1.82, 2.24) is 25.8 Å². The number of rotatable bonds is 12. The summed E-state index contributed by atoms with van der Waals surface area (Å²) in [5.74, 6) is 0.421. The van der Waals surface area contributed by atoms with Gasteiger partial charge in [0.15, 0.2) is 0 Å². The zero-order valence-electron chi connectivity index (χ0n) is 23.5. The van der Waals surface area contributed by atoms with Crippen LogP contribution in [0.3, 0.4) is 0 Å². The Bertz CT molecular complexity index is 1040. The number of aryl methyl sites for hydroxylation is 1. The molecular formula is C29H47N5O6. The van der Waals surface area contributed by atoms with Crippen molar-refractivity contribution < 1.29 is 30.6 Å². The largest absolute Gasteiger partial charge is 0.507 e. The van der Waals surface area contributed by atoms with Crippen LogP contribution in [0.4, 0.5) is 0 Å². The molecule has 0 radical (unpaired) electrons. The zero-order valence-corrected chi connectivity index (χ0v) is 23.5. The summed E-state index contributed by atoms with van der Waals surface area (Å²) in [4.78, 5) is 4.68. The average Bonchev–Trinajstić information content (AvgIpc) is 2.99. The molecule has 2 aromatic rings. The first-order valence-corrected chi connectivity index (χ1v) is 14.1. The lowest BCUT2D eigenvalue weighted by molar-refractivity contribution is 0.0663. The van der Waals surface area contributed by atoms with E-state index in [-0.39, 0.29) is 24.6 Å². The number of hydrogen-bond donors (Lipinski definition) is 9. The van der Waals surface area contributed by atoms with Gasteiger partial charge >= 0.3 is 0 Å². The first-order chi connectivity index (χ1) is 19.3. The van der Waals surface area contributed by atoms with E-state index in [1.807, 2.05) is 31.2 Å². The summed E-state index contributed by atoms with van der Waals surface area (Å²) in [6.45, 7) is 8.09. The van der Waals surface area contributed by atoms with Crippen LogP contribution in [-0.4, -0.2) is 105 Å². The highest BCUT2D eigenvalue weighted by atomic mass is 16.3. The van der Waals surface area contributed by atoms with Crippen molar-refractivity contribution in [2.24, 2.45) is 0 Å². The third kappa shape index (κ3) is 10.3. The minimum Gasteiger partial charge on any atom is -0.507 e. The maximum Gasteiger partial charge on any atom is 0.128 e. The molecule has 1 aliphatic rings. The highest BCUT2D eigenvalue weighted by molar-refractivity contribution is 5.43. The van der Waals surface area contributed by atoms with Crippen LogP contribution < -0.4 is 16.0 Å². The van der Waals surface area contributed by atoms with Gasteiger partial charge in [-0.3, -0.25) is 20.4 Å². The molecular weight excluding hydrogens is 514 g/mol. The van der Waals surface area contributed by atoms with E-state index in [9.17, 15) is 20.4 Å². The summed E-state index contributed by atoms with van der Waals surface area (Å²) in [5.41, 5.74) is 4.05. The van der Waals surface area contributed by atoms with Gasteiger partial charge in [-0.2, -0.15) is 0 Å². The van der Waals surface area contributed by atoms with Crippen LogP contribution >= 0.6 is 0 Å². The number of phenols is 2. The van der Waals surface area contributed by atoms with E-state index < -0.39 is 25.7 Å². The fourth-order valence-electron chi connectivity index (χ4n) is 5.02. The molecule has 0 saturated carbocycles. The summed E-state index contributed by atoms with van der Waals surface area (Å²) in [6, 6.07) is 9.51. The monoisotopic (exact) mass is 561 g/mol. The molecule has 0 bridgehead atoms. The Kier molecular flexibility index (Phi) is 13.5. The zero-order chi connectivity index (χ0) is 28.9. The molecule has 40 heavy (non-hydrogen) atoms. The molecule has 0 spiro atoms. The number of para-hydroxylation sites is 1. The van der Waals surface area contributed by atoms with Gasteiger partial charge in [0.1, 0.15) is 24.0 Å². The number of aliphatic hydroxyl groups excluding tert-OH is 4. The predicted octanol–water partition coefficient (Wildman–Crippen LogP) is -0.106. The number of nitrogens with zero attached hydrogens (tertiary/aromatic N) is 2. The van der Waals surface area contributed by atoms with Crippen LogP contribution in [0.5, 0.6) is 11.5 Å². The minimum atomic E-state index is -1.04. The maximum atomic E-state index is 11.0. The lowest BCUT2D eigenvalue weighted by Gasteiger charge is -2.26. The van der Waals surface area contributed by atoms with E-state index in [0.29, 0.717) is 24.2 Å². The van der Waals surface area contributed by atoms with E-state index in [4.69, 9.17) is 10.2 Å². The fourth-order valence-corrected chi connectivity index (χ4v) is 5.02. The van der Waals surface area contributed by atoms with E-state index >= 15 is 0 Å². The Morgan fingerprint density at radius 2 is 1.30 bits per heavy atom. The van der Waals surface area contributed by atoms with Crippen LogP contribution in [0.15, 0.2) is 30.3 Å². The standard InChI is InChI=1S/C29H47N5O6/c1-21-13-24(16-32-27(38)20-36)29(40)25(14-21)18-33-9-3-7-30-8-12-34(11-4-10-33)17-23-6-2-5-22(28(23)39)15-31-26(37)19-35/h2,5-6,13-14,26-27,30-32,35-40H,3-4,7-12,15-20H2,1H3. The molecule has 0 aromatic heterocycles. The number of aromatic hydroxyl groups is 2. The number of hydrogen-bond acceptors (Lipinski definition) is 11. The van der Waals surface area contributed by atoms with Crippen molar-refractivity contribution in [1.29, 1.82) is 0 Å². The fraction of sp³-hybridized carbons (Fsp3) is 0.586. The third-order valence-corrected chi connectivity index (χ3v) is 7.19. The van der Waals surface area contributed by atoms with E-state index in [2.05, 4.69) is 25.8 Å². The van der Waals surface area contributed by atoms with Crippen LogP contribution in [0, 0.1) is 6.92 Å². The quantitative estimate of drug-likeness (QED) is 0.159. The Morgan fingerprint density at radius 1 is 0.750 bits per heavy atom. The van der Waals surface area contributed by atoms with Gasteiger partial charge in [0.05, 0.1) is 13.2 Å². The third-order valence-electron chi connectivity index (χ3n) is 7.19. The topological polar surface area (TPSA) is 164 Å². The van der Waals surface area contributed by atoms with Crippen LogP contribution in [-0.2, 0) is 26.2 Å². The number of phenolic OH excluding ortho intramolecular Hbond substituents is 2. The Balaban J connectivity index is 1.64. The Hall–Kier alpha value is -2.32. The van der Waals surface area contributed by atoms with Gasteiger partial charge in [0.2, 0.25) is 0 Å². The van der Waals surface area contributed by atoms with Crippen molar-refractivity contribution in [3.05, 3.63) is 58.1 Å². The van der Waals surface area contributed by atoms with Crippen LogP contribution in [0.25, 0.3) is 0 Å². The first-order valence-electron chi connectivity index (χ1n) is 14.1. The SMILES string of the molecule is Cc1cc(CNC(O)CO)c(O)c(CN2CCCNCCN(Cc3cccc(CNC(O)CO)c3O)CCC2)c1. The van der Waals surface area contributed by atoms with Crippen molar-refractivity contribution in [2.45, 2.75) is 58.4 Å². The number of nitrogens with one attached hydrogen (secondary N) is 3. The van der Waals surface area contributed by atoms with Gasteiger partial charge in [-0.1, -0.05) is 35.9 Å². The second-order valence-corrected chi connectivity index (χ2v) is 10.5. The van der Waals surface area contributed by atoms with Crippen LogP contribution in [0.1, 0.15) is 40.7 Å². The summed E-state index contributed by atoms with van der Waals surface area (Å²) in [6.07, 6.45) is -0.162. The maximum absolute atomic E-state index is 11.0. The molecule has 0 amide bonds. The molecule has 2 unspecified atom stereocenters. The summed E-state index contributed by atoms with van der Waals surface area (Å²) in [7, 11) is 0. The van der Waals surface area contributed by atoms with Gasteiger partial charge < -0.3 is 36.0 Å². The normalized spacial score (nSPS) is 17.8. The highest BCUT2D eigenvalue weighted by Gasteiger charge is 2.17. The number of aliphatic hydroxyl groups is 4. The molecule has 224 valence electrons. The molecule has 1 heterocycles. The van der Waals surface area contributed by atoms with Crippen molar-refractivity contribution >= 4 is 0 Å². The average molecular weight is 562 g/mol. The van der Waals surface area contributed by atoms with Gasteiger partial charge in [0, 0.05) is 61.5 Å². The van der Waals surface area contributed by atoms with Gasteiger partial charge in [-0.05, 0) is 45.9 Å². The summed E-state index contributed by atoms with van der Waals surface area (Å²) in [5, 5.41) is 68.2. The van der Waals surface area contributed by atoms with E-state index in [1.165, 1.54) is 0 Å². The lowest BCUT2D eigenvalue weighted by Crippen LogP contribution is -2.33. The van der Waals surface area contributed by atoms with Crippen LogP contribution in [0.2, 0.25) is 0 Å². The van der Waals surface area contributed by atoms with Crippen molar-refractivity contribution in [3.8, 4) is 11.5 Å². The second-order valence-electron chi connectivity index (χ2n) is 10.5. The summed E-state index contributed by atoms with van der Waals surface area (Å²) < 4.78 is 0. The highest BCUT2D eigenvalue weighted by Crippen LogP contribution is 2.27. The smallest absolute Gasteiger partial charge is 0.128 e. The van der Waals surface area contributed by atoms with Crippen molar-refractivity contribution in [2.75, 3.05) is 52.5 Å². The summed E-state index contributed by atoms with van der Waals surface area (Å²) >= 11 is 0. The van der Waals surface area contributed by atoms with E-state index in [1.54, 1.807) is 6.07 Å². The predicted molar refractivity (Wildman–Crippen MR) is 153 cm³/mol. The molecule has 1 saturated heterocycles. The molecule has 0 aliphatic carbocycles. The molecule has 2 atom stereocenters. The van der Waals surface area contributed by atoms with Gasteiger partial charge in [0.25, 0.3) is 0 Å². The van der Waals surface area contributed by atoms with Crippen molar-refractivity contribution in [3.63, 3.8) is 0 Å². The molecule has 1 fully saturated rings. The molecule has 3 rings (SSSR count). The molecule has 1 aliphatic heterocycles. The first kappa shape index (κ1) is 32.2. The Labute approximate surface area is 237 Å². The number of benzene rings is 2. The molecule has 9 N–H and O–H groups in total. The second kappa shape index (κ2) is 16.8. The molecule has 11 heteroatoms. The van der Waals surface area contributed by atoms with Gasteiger partial charge in [-0.25, -0.2) is 0 Å². The van der Waals surface area contributed by atoms with Gasteiger partial charge in [-0.15, -0.1) is 0 Å². The minimum absolute atomic E-state index is 0.204. The molecule has 11 nitrogen and oxygen atoms in total. The lowest BCUT2D eigenvalue weighted by atomic mass is 10.0. The molecule has 2 aromatic carbocycles.